The molecule has 0 saturated carbocycles. The van der Waals surface area contributed by atoms with E-state index in [1.807, 2.05) is 24.3 Å². The summed E-state index contributed by atoms with van der Waals surface area (Å²) in [7, 11) is 0. The van der Waals surface area contributed by atoms with E-state index in [1.165, 1.54) is 129 Å². The van der Waals surface area contributed by atoms with E-state index < -0.39 is 0 Å². The van der Waals surface area contributed by atoms with Gasteiger partial charge < -0.3 is 0 Å². The van der Waals surface area contributed by atoms with Crippen LogP contribution in [-0.2, 0) is 5.41 Å². The van der Waals surface area contributed by atoms with Gasteiger partial charge in [0.25, 0.3) is 0 Å². The SMILES string of the molecule is CCCCCCCCC1(CCCCCCCC)c2cc(C)ccc2-c2ccc(-c3cc(-c4ccc(/C=C/c5ccc(C)cc5)cc4)nc(-c4ccc(C#N)cc4)n3)cc21. The summed E-state index contributed by atoms with van der Waals surface area (Å²) in [6, 6.07) is 43.7. The number of benzene rings is 5. The monoisotopic (exact) mass is 775 g/mol. The first-order valence-electron chi connectivity index (χ1n) is 22.4. The largest absolute Gasteiger partial charge is 0.228 e. The molecular formula is C56H61N3. The molecule has 0 saturated heterocycles. The van der Waals surface area contributed by atoms with Crippen LogP contribution in [0, 0.1) is 25.2 Å². The molecule has 0 N–H and O–H groups in total. The molecule has 3 nitrogen and oxygen atoms in total. The molecule has 1 aliphatic rings. The number of aryl methyl sites for hydroxylation is 2. The van der Waals surface area contributed by atoms with Gasteiger partial charge in [-0.05, 0) is 96.5 Å². The van der Waals surface area contributed by atoms with Crippen LogP contribution in [0.5, 0.6) is 0 Å². The predicted molar refractivity (Wildman–Crippen MR) is 250 cm³/mol. The Morgan fingerprint density at radius 1 is 0.492 bits per heavy atom. The highest BCUT2D eigenvalue weighted by Gasteiger charge is 2.42. The standard InChI is InChI=1S/C56H61N3/c1-5-7-9-11-13-15-35-56(36-16-14-12-10-8-6-2)51-37-42(4)19-33-49(51)50-34-32-48(38-52(50)56)54-39-53(58-55(59-54)47-30-26-45(40-57)27-31-47)46-28-24-44(25-29-46)23-22-43-20-17-41(3)18-21-43/h17-34,37-39H,5-16,35-36H2,1-4H3/b23-22+. The van der Waals surface area contributed by atoms with Gasteiger partial charge in [0, 0.05) is 22.1 Å². The maximum atomic E-state index is 9.54. The van der Waals surface area contributed by atoms with Gasteiger partial charge in [-0.2, -0.15) is 5.26 Å². The molecular weight excluding hydrogens is 715 g/mol. The summed E-state index contributed by atoms with van der Waals surface area (Å²) in [5.74, 6) is 0.662. The van der Waals surface area contributed by atoms with Crippen LogP contribution in [0.2, 0.25) is 0 Å². The summed E-state index contributed by atoms with van der Waals surface area (Å²) in [5, 5.41) is 9.54. The van der Waals surface area contributed by atoms with E-state index >= 15 is 0 Å². The highest BCUT2D eigenvalue weighted by atomic mass is 14.9. The van der Waals surface area contributed by atoms with Crippen molar-refractivity contribution in [2.75, 3.05) is 0 Å². The Morgan fingerprint density at radius 3 is 1.56 bits per heavy atom. The topological polar surface area (TPSA) is 49.6 Å². The Kier molecular flexibility index (Phi) is 14.0. The number of fused-ring (bicyclic) bond motifs is 3. The second kappa shape index (κ2) is 19.9. The highest BCUT2D eigenvalue weighted by Crippen LogP contribution is 2.55. The van der Waals surface area contributed by atoms with Gasteiger partial charge in [0.2, 0.25) is 0 Å². The normalized spacial score (nSPS) is 12.7. The molecule has 0 spiro atoms. The van der Waals surface area contributed by atoms with Crippen LogP contribution in [-0.4, -0.2) is 9.97 Å². The van der Waals surface area contributed by atoms with Crippen LogP contribution in [0.25, 0.3) is 57.2 Å². The number of hydrogen-bond donors (Lipinski definition) is 0. The van der Waals surface area contributed by atoms with Crippen LogP contribution in [0.1, 0.15) is 143 Å². The Labute approximate surface area is 354 Å². The maximum absolute atomic E-state index is 9.54. The average molecular weight is 776 g/mol. The van der Waals surface area contributed by atoms with Crippen molar-refractivity contribution in [2.24, 2.45) is 0 Å². The molecule has 0 fully saturated rings. The van der Waals surface area contributed by atoms with E-state index in [1.54, 1.807) is 0 Å². The molecule has 1 aromatic heterocycles. The molecule has 59 heavy (non-hydrogen) atoms. The van der Waals surface area contributed by atoms with Crippen molar-refractivity contribution in [1.29, 1.82) is 5.26 Å². The summed E-state index contributed by atoms with van der Waals surface area (Å²) < 4.78 is 0. The van der Waals surface area contributed by atoms with Crippen LogP contribution in [0.15, 0.2) is 115 Å². The van der Waals surface area contributed by atoms with E-state index in [9.17, 15) is 5.26 Å². The average Bonchev–Trinajstić information content (AvgIpc) is 3.53. The molecule has 300 valence electrons. The predicted octanol–water partition coefficient (Wildman–Crippen LogP) is 15.9. The van der Waals surface area contributed by atoms with Crippen LogP contribution in [0.3, 0.4) is 0 Å². The van der Waals surface area contributed by atoms with Crippen LogP contribution < -0.4 is 0 Å². The van der Waals surface area contributed by atoms with E-state index in [4.69, 9.17) is 9.97 Å². The number of nitrogens with zero attached hydrogens (tertiary/aromatic N) is 3. The fourth-order valence-electron chi connectivity index (χ4n) is 9.05. The van der Waals surface area contributed by atoms with E-state index in [0.717, 1.165) is 33.6 Å². The fraction of sp³-hybridized carbons (Fsp3) is 0.339. The third-order valence-corrected chi connectivity index (χ3v) is 12.5. The van der Waals surface area contributed by atoms with E-state index in [2.05, 4.69) is 137 Å². The Morgan fingerprint density at radius 2 is 0.966 bits per heavy atom. The van der Waals surface area contributed by atoms with Crippen molar-refractivity contribution < 1.29 is 0 Å². The quantitative estimate of drug-likeness (QED) is 0.0608. The van der Waals surface area contributed by atoms with E-state index in [0.29, 0.717) is 11.4 Å². The molecule has 1 aliphatic carbocycles. The highest BCUT2D eigenvalue weighted by molar-refractivity contribution is 5.84. The minimum absolute atomic E-state index is 0.0179. The molecule has 0 unspecified atom stereocenters. The summed E-state index contributed by atoms with van der Waals surface area (Å²) in [5.41, 5.74) is 16.2. The van der Waals surface area contributed by atoms with E-state index in [-0.39, 0.29) is 5.41 Å². The van der Waals surface area contributed by atoms with Gasteiger partial charge in [-0.3, -0.25) is 0 Å². The lowest BCUT2D eigenvalue weighted by Gasteiger charge is -2.33. The van der Waals surface area contributed by atoms with Crippen molar-refractivity contribution >= 4 is 12.2 Å². The van der Waals surface area contributed by atoms with Crippen molar-refractivity contribution in [3.05, 3.63) is 154 Å². The summed E-state index contributed by atoms with van der Waals surface area (Å²) in [4.78, 5) is 10.4. The zero-order valence-corrected chi connectivity index (χ0v) is 35.9. The molecule has 1 heterocycles. The molecule has 7 rings (SSSR count). The van der Waals surface area contributed by atoms with Gasteiger partial charge in [0.05, 0.1) is 23.0 Å². The lowest BCUT2D eigenvalue weighted by molar-refractivity contribution is 0.398. The molecule has 5 aromatic carbocycles. The second-order valence-corrected chi connectivity index (χ2v) is 16.9. The minimum Gasteiger partial charge on any atom is -0.228 e. The first-order valence-corrected chi connectivity index (χ1v) is 22.4. The summed E-state index contributed by atoms with van der Waals surface area (Å²) in [6.07, 6.45) is 22.3. The molecule has 0 radical (unpaired) electrons. The number of unbranched alkanes of at least 4 members (excludes halogenated alkanes) is 10. The Bertz CT molecular complexity index is 2360. The first kappa shape index (κ1) is 41.6. The van der Waals surface area contributed by atoms with Gasteiger partial charge in [0.1, 0.15) is 0 Å². The summed E-state index contributed by atoms with van der Waals surface area (Å²) >= 11 is 0. The Hall–Kier alpha value is -5.59. The smallest absolute Gasteiger partial charge is 0.160 e. The third-order valence-electron chi connectivity index (χ3n) is 12.5. The lowest BCUT2D eigenvalue weighted by atomic mass is 9.70. The maximum Gasteiger partial charge on any atom is 0.160 e. The number of nitriles is 1. The number of rotatable bonds is 19. The molecule has 0 atom stereocenters. The fourth-order valence-corrected chi connectivity index (χ4v) is 9.05. The molecule has 3 heteroatoms. The van der Waals surface area contributed by atoms with Gasteiger partial charge in [-0.1, -0.05) is 193 Å². The van der Waals surface area contributed by atoms with Crippen molar-refractivity contribution in [3.8, 4) is 51.1 Å². The van der Waals surface area contributed by atoms with Gasteiger partial charge >= 0.3 is 0 Å². The van der Waals surface area contributed by atoms with Gasteiger partial charge in [0.15, 0.2) is 5.82 Å². The second-order valence-electron chi connectivity index (χ2n) is 16.9. The number of hydrogen-bond acceptors (Lipinski definition) is 3. The zero-order valence-electron chi connectivity index (χ0n) is 35.9. The first-order chi connectivity index (χ1) is 28.9. The van der Waals surface area contributed by atoms with Crippen LogP contribution in [0.4, 0.5) is 0 Å². The Balaban J connectivity index is 1.28. The van der Waals surface area contributed by atoms with Gasteiger partial charge in [-0.25, -0.2) is 9.97 Å². The molecule has 0 amide bonds. The van der Waals surface area contributed by atoms with Crippen molar-refractivity contribution in [1.82, 2.24) is 9.97 Å². The zero-order chi connectivity index (χ0) is 41.0. The van der Waals surface area contributed by atoms with Gasteiger partial charge in [-0.15, -0.1) is 0 Å². The molecule has 6 aromatic rings. The van der Waals surface area contributed by atoms with Crippen LogP contribution >= 0.6 is 0 Å². The third kappa shape index (κ3) is 10.00. The lowest BCUT2D eigenvalue weighted by Crippen LogP contribution is -2.25. The van der Waals surface area contributed by atoms with Crippen molar-refractivity contribution in [2.45, 2.75) is 123 Å². The molecule has 0 bridgehead atoms. The minimum atomic E-state index is -0.0179. The van der Waals surface area contributed by atoms with Crippen molar-refractivity contribution in [3.63, 3.8) is 0 Å². The summed E-state index contributed by atoms with van der Waals surface area (Å²) in [6.45, 7) is 8.98. The molecule has 0 aliphatic heterocycles. The number of aromatic nitrogens is 2.